The third kappa shape index (κ3) is 5.53. The molecule has 1 amide bonds. The number of benzene rings is 2. The monoisotopic (exact) mass is 416 g/mol. The minimum atomic E-state index is -0.735. The van der Waals surface area contributed by atoms with Crippen LogP contribution in [-0.4, -0.2) is 43.3 Å². The molecule has 0 bridgehead atoms. The highest BCUT2D eigenvalue weighted by Gasteiger charge is 2.19. The smallest absolute Gasteiger partial charge is 0.325 e. The molecule has 0 unspecified atom stereocenters. The van der Waals surface area contributed by atoms with Crippen LogP contribution in [0.25, 0.3) is 0 Å². The first-order chi connectivity index (χ1) is 14.3. The van der Waals surface area contributed by atoms with Crippen molar-refractivity contribution in [1.82, 2.24) is 5.32 Å². The molecule has 0 saturated carbocycles. The van der Waals surface area contributed by atoms with Gasteiger partial charge in [0.15, 0.2) is 11.5 Å². The number of Topliss-reactive ketones (excluding diaryl/α,β-unsaturated/α-hetero) is 1. The van der Waals surface area contributed by atoms with E-state index >= 15 is 0 Å². The Morgan fingerprint density at radius 3 is 2.23 bits per heavy atom. The summed E-state index contributed by atoms with van der Waals surface area (Å²) < 4.78 is 15.2. The first kappa shape index (κ1) is 22.3. The molecule has 10 nitrogen and oxygen atoms in total. The van der Waals surface area contributed by atoms with Gasteiger partial charge >= 0.3 is 11.7 Å². The number of ketones is 1. The zero-order valence-corrected chi connectivity index (χ0v) is 16.6. The maximum absolute atomic E-state index is 12.2. The van der Waals surface area contributed by atoms with E-state index < -0.39 is 23.3 Å². The minimum Gasteiger partial charge on any atom is -0.496 e. The van der Waals surface area contributed by atoms with Crippen molar-refractivity contribution in [2.24, 2.45) is 0 Å². The molecule has 158 valence electrons. The van der Waals surface area contributed by atoms with Crippen molar-refractivity contribution in [3.8, 4) is 11.5 Å². The number of nitro groups is 1. The fourth-order valence-electron chi connectivity index (χ4n) is 2.55. The molecule has 0 aliphatic carbocycles. The summed E-state index contributed by atoms with van der Waals surface area (Å²) in [6, 6.07) is 8.43. The Balaban J connectivity index is 1.98. The van der Waals surface area contributed by atoms with Crippen molar-refractivity contribution in [3.05, 3.63) is 63.2 Å². The number of hydrogen-bond donors (Lipinski definition) is 1. The lowest BCUT2D eigenvalue weighted by atomic mass is 10.1. The van der Waals surface area contributed by atoms with Crippen LogP contribution in [0.2, 0.25) is 0 Å². The number of rotatable bonds is 9. The largest absolute Gasteiger partial charge is 0.496 e. The molecule has 0 aliphatic rings. The number of carbonyl (C=O) groups excluding carboxylic acids is 3. The van der Waals surface area contributed by atoms with Gasteiger partial charge in [0.25, 0.3) is 5.91 Å². The Morgan fingerprint density at radius 1 is 1.00 bits per heavy atom. The van der Waals surface area contributed by atoms with Gasteiger partial charge in [-0.15, -0.1) is 0 Å². The maximum Gasteiger partial charge on any atom is 0.325 e. The number of nitrogens with one attached hydrogen (secondary N) is 1. The fourth-order valence-corrected chi connectivity index (χ4v) is 2.55. The Morgan fingerprint density at radius 2 is 1.63 bits per heavy atom. The van der Waals surface area contributed by atoms with E-state index in [-0.39, 0.29) is 29.4 Å². The average Bonchev–Trinajstić information content (AvgIpc) is 2.74. The van der Waals surface area contributed by atoms with E-state index in [1.807, 2.05) is 0 Å². The van der Waals surface area contributed by atoms with Crippen LogP contribution < -0.4 is 14.8 Å². The van der Waals surface area contributed by atoms with Crippen LogP contribution in [0, 0.1) is 10.1 Å². The van der Waals surface area contributed by atoms with Crippen LogP contribution in [0.1, 0.15) is 33.2 Å². The van der Waals surface area contributed by atoms with E-state index in [0.29, 0.717) is 16.9 Å². The highest BCUT2D eigenvalue weighted by Crippen LogP contribution is 2.27. The van der Waals surface area contributed by atoms with Crippen LogP contribution in [0.15, 0.2) is 36.4 Å². The summed E-state index contributed by atoms with van der Waals surface area (Å²) in [5.74, 6) is -1.11. The Bertz CT molecular complexity index is 987. The Kier molecular flexibility index (Phi) is 7.45. The van der Waals surface area contributed by atoms with E-state index in [0.717, 1.165) is 6.07 Å². The second kappa shape index (κ2) is 10.0. The van der Waals surface area contributed by atoms with Gasteiger partial charge in [0.1, 0.15) is 18.9 Å². The van der Waals surface area contributed by atoms with Gasteiger partial charge in [0.05, 0.1) is 19.1 Å². The minimum absolute atomic E-state index is 0.00821. The lowest BCUT2D eigenvalue weighted by molar-refractivity contribution is -0.385. The summed E-state index contributed by atoms with van der Waals surface area (Å²) >= 11 is 0. The third-order valence-corrected chi connectivity index (χ3v) is 4.11. The molecule has 2 aromatic rings. The average molecular weight is 416 g/mol. The van der Waals surface area contributed by atoms with Crippen molar-refractivity contribution in [3.63, 3.8) is 0 Å². The molecule has 30 heavy (non-hydrogen) atoms. The second-order valence-electron chi connectivity index (χ2n) is 6.07. The van der Waals surface area contributed by atoms with E-state index in [2.05, 4.69) is 5.32 Å². The van der Waals surface area contributed by atoms with Crippen LogP contribution in [-0.2, 0) is 16.1 Å². The molecule has 0 atom stereocenters. The number of amides is 1. The van der Waals surface area contributed by atoms with Gasteiger partial charge < -0.3 is 19.5 Å². The molecule has 0 radical (unpaired) electrons. The Labute approximate surface area is 171 Å². The van der Waals surface area contributed by atoms with Crippen molar-refractivity contribution in [2.45, 2.75) is 13.5 Å². The number of esters is 1. The van der Waals surface area contributed by atoms with Gasteiger partial charge in [-0.25, -0.2) is 0 Å². The molecule has 0 fully saturated rings. The maximum atomic E-state index is 12.2. The number of ether oxygens (including phenoxy) is 3. The summed E-state index contributed by atoms with van der Waals surface area (Å²) in [5.41, 5.74) is 0.559. The summed E-state index contributed by atoms with van der Waals surface area (Å²) in [7, 11) is 2.72. The molecule has 0 spiro atoms. The van der Waals surface area contributed by atoms with Gasteiger partial charge in [-0.1, -0.05) is 0 Å². The number of hydrogen-bond acceptors (Lipinski definition) is 8. The van der Waals surface area contributed by atoms with Gasteiger partial charge in [-0.3, -0.25) is 24.5 Å². The first-order valence-corrected chi connectivity index (χ1v) is 8.71. The quantitative estimate of drug-likeness (QED) is 0.285. The van der Waals surface area contributed by atoms with Crippen molar-refractivity contribution < 1.29 is 33.5 Å². The lowest BCUT2D eigenvalue weighted by Gasteiger charge is -2.11. The van der Waals surface area contributed by atoms with Gasteiger partial charge in [-0.05, 0) is 37.3 Å². The van der Waals surface area contributed by atoms with Crippen molar-refractivity contribution in [1.29, 1.82) is 0 Å². The molecule has 0 aliphatic heterocycles. The fraction of sp³-hybridized carbons (Fsp3) is 0.250. The molecule has 2 aromatic carbocycles. The van der Waals surface area contributed by atoms with E-state index in [9.17, 15) is 24.5 Å². The van der Waals surface area contributed by atoms with Crippen molar-refractivity contribution in [2.75, 3.05) is 20.8 Å². The number of nitrogens with zero attached hydrogens (tertiary/aromatic N) is 1. The molecule has 10 heteroatoms. The second-order valence-corrected chi connectivity index (χ2v) is 6.07. The number of carbonyl (C=O) groups is 3. The van der Waals surface area contributed by atoms with Crippen LogP contribution in [0.5, 0.6) is 11.5 Å². The highest BCUT2D eigenvalue weighted by atomic mass is 16.6. The number of nitro benzene ring substituents is 1. The van der Waals surface area contributed by atoms with Gasteiger partial charge in [0, 0.05) is 22.8 Å². The predicted octanol–water partition coefficient (Wildman–Crippen LogP) is 2.29. The zero-order chi connectivity index (χ0) is 22.3. The van der Waals surface area contributed by atoms with E-state index in [1.54, 1.807) is 18.2 Å². The molecule has 0 aromatic heterocycles. The lowest BCUT2D eigenvalue weighted by Crippen LogP contribution is -2.30. The van der Waals surface area contributed by atoms with Crippen LogP contribution in [0.3, 0.4) is 0 Å². The van der Waals surface area contributed by atoms with Crippen LogP contribution >= 0.6 is 0 Å². The topological polar surface area (TPSA) is 134 Å². The summed E-state index contributed by atoms with van der Waals surface area (Å²) in [6.45, 7) is 0.803. The Hall–Kier alpha value is -3.95. The summed E-state index contributed by atoms with van der Waals surface area (Å²) in [4.78, 5) is 46.0. The normalized spacial score (nSPS) is 10.1. The molecular formula is C20H20N2O8. The SMILES string of the molecule is COc1ccc(C(C)=O)cc1COC(=O)CNC(=O)c1ccc(OC)c([N+](=O)[O-])c1. The summed E-state index contributed by atoms with van der Waals surface area (Å²) in [5, 5.41) is 13.4. The zero-order valence-electron chi connectivity index (χ0n) is 16.6. The predicted molar refractivity (Wildman–Crippen MR) is 105 cm³/mol. The molecular weight excluding hydrogens is 396 g/mol. The molecule has 0 saturated heterocycles. The van der Waals surface area contributed by atoms with E-state index in [1.165, 1.54) is 33.3 Å². The third-order valence-electron chi connectivity index (χ3n) is 4.11. The molecule has 2 rings (SSSR count). The van der Waals surface area contributed by atoms with Gasteiger partial charge in [0.2, 0.25) is 0 Å². The van der Waals surface area contributed by atoms with Crippen molar-refractivity contribution >= 4 is 23.3 Å². The highest BCUT2D eigenvalue weighted by molar-refractivity contribution is 5.97. The number of methoxy groups -OCH3 is 2. The van der Waals surface area contributed by atoms with E-state index in [4.69, 9.17) is 14.2 Å². The van der Waals surface area contributed by atoms with Gasteiger partial charge in [-0.2, -0.15) is 0 Å². The molecule has 0 heterocycles. The van der Waals surface area contributed by atoms with Crippen LogP contribution in [0.4, 0.5) is 5.69 Å². The molecule has 1 N–H and O–H groups in total. The first-order valence-electron chi connectivity index (χ1n) is 8.71. The standard InChI is InChI=1S/C20H20N2O8/c1-12(23)13-4-6-17(28-2)15(8-13)11-30-19(24)10-21-20(25)14-5-7-18(29-3)16(9-14)22(26)27/h4-9H,10-11H2,1-3H3,(H,21,25). The summed E-state index contributed by atoms with van der Waals surface area (Å²) in [6.07, 6.45) is 0.